The monoisotopic (exact) mass is 279 g/mol. The molecule has 1 aliphatic heterocycles. The van der Waals surface area contributed by atoms with Gasteiger partial charge >= 0.3 is 0 Å². The lowest BCUT2D eigenvalue weighted by Gasteiger charge is -2.22. The number of nitrogens with one attached hydrogen (secondary N) is 1. The van der Waals surface area contributed by atoms with Crippen molar-refractivity contribution in [2.75, 3.05) is 26.0 Å². The highest BCUT2D eigenvalue weighted by atomic mass is 32.2. The van der Waals surface area contributed by atoms with Gasteiger partial charge in [-0.2, -0.15) is 0 Å². The number of hydrogen-bond acceptors (Lipinski definition) is 3. The number of thioether (sulfide) groups is 1. The molecule has 0 saturated carbocycles. The molecule has 1 fully saturated rings. The van der Waals surface area contributed by atoms with Crippen LogP contribution in [0.15, 0.2) is 29.2 Å². The third-order valence-electron chi connectivity index (χ3n) is 3.37. The standard InChI is InChI=1S/C15H21NO2S/c1-19-14-6-4-12(5-7-14)9-15(17)16-10-13-3-2-8-18-11-13/h4-7,13H,2-3,8-11H2,1H3,(H,16,17)/t13-/m0/s1. The van der Waals surface area contributed by atoms with Gasteiger partial charge in [-0.15, -0.1) is 11.8 Å². The Balaban J connectivity index is 1.73. The SMILES string of the molecule is CSc1ccc(CC(=O)NC[C@@H]2CCCOC2)cc1. The fourth-order valence-electron chi connectivity index (χ4n) is 2.22. The molecule has 1 heterocycles. The minimum absolute atomic E-state index is 0.0995. The number of carbonyl (C=O) groups is 1. The molecular weight excluding hydrogens is 258 g/mol. The minimum Gasteiger partial charge on any atom is -0.381 e. The molecule has 1 atom stereocenters. The van der Waals surface area contributed by atoms with Crippen LogP contribution in [0, 0.1) is 5.92 Å². The molecule has 1 N–H and O–H groups in total. The van der Waals surface area contributed by atoms with Gasteiger partial charge in [0, 0.05) is 18.0 Å². The first-order valence-corrected chi connectivity index (χ1v) is 7.98. The van der Waals surface area contributed by atoms with Gasteiger partial charge in [0.1, 0.15) is 0 Å². The summed E-state index contributed by atoms with van der Waals surface area (Å²) in [6.45, 7) is 2.39. The summed E-state index contributed by atoms with van der Waals surface area (Å²) in [7, 11) is 0. The molecule has 0 aliphatic carbocycles. The normalized spacial score (nSPS) is 19.1. The summed E-state index contributed by atoms with van der Waals surface area (Å²) >= 11 is 1.71. The topological polar surface area (TPSA) is 38.3 Å². The van der Waals surface area contributed by atoms with Crippen LogP contribution in [0.25, 0.3) is 0 Å². The minimum atomic E-state index is 0.0995. The third kappa shape index (κ3) is 4.88. The Hall–Kier alpha value is -1.00. The predicted molar refractivity (Wildman–Crippen MR) is 78.5 cm³/mol. The number of amides is 1. The van der Waals surface area contributed by atoms with Crippen molar-refractivity contribution in [3.63, 3.8) is 0 Å². The van der Waals surface area contributed by atoms with E-state index in [4.69, 9.17) is 4.74 Å². The fourth-order valence-corrected chi connectivity index (χ4v) is 2.63. The van der Waals surface area contributed by atoms with Crippen LogP contribution in [-0.2, 0) is 16.0 Å². The van der Waals surface area contributed by atoms with Crippen LogP contribution in [0.4, 0.5) is 0 Å². The Bertz CT molecular complexity index is 399. The number of rotatable bonds is 5. The second-order valence-corrected chi connectivity index (χ2v) is 5.79. The average molecular weight is 279 g/mol. The number of benzene rings is 1. The van der Waals surface area contributed by atoms with Crippen molar-refractivity contribution in [1.29, 1.82) is 0 Å². The van der Waals surface area contributed by atoms with E-state index < -0.39 is 0 Å². The fraction of sp³-hybridized carbons (Fsp3) is 0.533. The molecule has 1 aliphatic rings. The van der Waals surface area contributed by atoms with Crippen molar-refractivity contribution in [3.8, 4) is 0 Å². The molecule has 4 heteroatoms. The Kier molecular flexibility index (Phi) is 5.73. The molecule has 19 heavy (non-hydrogen) atoms. The van der Waals surface area contributed by atoms with Crippen molar-refractivity contribution in [2.45, 2.75) is 24.2 Å². The Morgan fingerprint density at radius 2 is 2.21 bits per heavy atom. The highest BCUT2D eigenvalue weighted by Crippen LogP contribution is 2.15. The van der Waals surface area contributed by atoms with Crippen LogP contribution in [0.1, 0.15) is 18.4 Å². The highest BCUT2D eigenvalue weighted by Gasteiger charge is 2.14. The summed E-state index contributed by atoms with van der Waals surface area (Å²) in [6.07, 6.45) is 4.77. The highest BCUT2D eigenvalue weighted by molar-refractivity contribution is 7.98. The maximum Gasteiger partial charge on any atom is 0.224 e. The first kappa shape index (κ1) is 14.4. The predicted octanol–water partition coefficient (Wildman–Crippen LogP) is 2.49. The lowest BCUT2D eigenvalue weighted by Crippen LogP contribution is -2.34. The Morgan fingerprint density at radius 1 is 1.42 bits per heavy atom. The summed E-state index contributed by atoms with van der Waals surface area (Å²) in [5.41, 5.74) is 1.06. The van der Waals surface area contributed by atoms with Crippen LogP contribution in [0.3, 0.4) is 0 Å². The van der Waals surface area contributed by atoms with Crippen molar-refractivity contribution in [3.05, 3.63) is 29.8 Å². The molecule has 0 bridgehead atoms. The van der Waals surface area contributed by atoms with E-state index in [1.54, 1.807) is 11.8 Å². The van der Waals surface area contributed by atoms with E-state index >= 15 is 0 Å². The van der Waals surface area contributed by atoms with Crippen LogP contribution in [-0.4, -0.2) is 31.9 Å². The van der Waals surface area contributed by atoms with Crippen LogP contribution in [0.2, 0.25) is 0 Å². The lowest BCUT2D eigenvalue weighted by molar-refractivity contribution is -0.120. The van der Waals surface area contributed by atoms with Gasteiger partial charge in [0.25, 0.3) is 0 Å². The number of hydrogen-bond donors (Lipinski definition) is 1. The maximum atomic E-state index is 11.9. The molecule has 104 valence electrons. The maximum absolute atomic E-state index is 11.9. The molecular formula is C15H21NO2S. The summed E-state index contributed by atoms with van der Waals surface area (Å²) in [5, 5.41) is 3.01. The molecule has 0 aromatic heterocycles. The Labute approximate surface area is 119 Å². The largest absolute Gasteiger partial charge is 0.381 e. The molecule has 1 saturated heterocycles. The second-order valence-electron chi connectivity index (χ2n) is 4.91. The van der Waals surface area contributed by atoms with Gasteiger partial charge in [0.2, 0.25) is 5.91 Å². The van der Waals surface area contributed by atoms with E-state index in [1.807, 2.05) is 18.4 Å². The summed E-state index contributed by atoms with van der Waals surface area (Å²) in [5.74, 6) is 0.582. The van der Waals surface area contributed by atoms with Gasteiger partial charge in [0.05, 0.1) is 13.0 Å². The molecule has 0 spiro atoms. The van der Waals surface area contributed by atoms with Gasteiger partial charge in [0.15, 0.2) is 0 Å². The Morgan fingerprint density at radius 3 is 2.84 bits per heavy atom. The first-order valence-electron chi connectivity index (χ1n) is 6.75. The summed E-state index contributed by atoms with van der Waals surface area (Å²) in [6, 6.07) is 8.16. The molecule has 1 aromatic carbocycles. The van der Waals surface area contributed by atoms with Gasteiger partial charge < -0.3 is 10.1 Å². The summed E-state index contributed by atoms with van der Waals surface area (Å²) in [4.78, 5) is 13.1. The lowest BCUT2D eigenvalue weighted by atomic mass is 10.0. The molecule has 1 aromatic rings. The molecule has 0 unspecified atom stereocenters. The van der Waals surface area contributed by atoms with E-state index in [9.17, 15) is 4.79 Å². The number of carbonyl (C=O) groups excluding carboxylic acids is 1. The van der Waals surface area contributed by atoms with Crippen molar-refractivity contribution in [1.82, 2.24) is 5.32 Å². The van der Waals surface area contributed by atoms with E-state index in [1.165, 1.54) is 4.90 Å². The van der Waals surface area contributed by atoms with Crippen molar-refractivity contribution in [2.24, 2.45) is 5.92 Å². The zero-order valence-electron chi connectivity index (χ0n) is 11.4. The van der Waals surface area contributed by atoms with Gasteiger partial charge in [-0.25, -0.2) is 0 Å². The molecule has 0 radical (unpaired) electrons. The van der Waals surface area contributed by atoms with Gasteiger partial charge in [-0.05, 0) is 42.7 Å². The van der Waals surface area contributed by atoms with E-state index in [2.05, 4.69) is 17.4 Å². The van der Waals surface area contributed by atoms with Gasteiger partial charge in [-0.1, -0.05) is 12.1 Å². The van der Waals surface area contributed by atoms with E-state index in [0.29, 0.717) is 12.3 Å². The smallest absolute Gasteiger partial charge is 0.224 e. The third-order valence-corrected chi connectivity index (χ3v) is 4.11. The van der Waals surface area contributed by atoms with Crippen LogP contribution < -0.4 is 5.32 Å². The average Bonchev–Trinajstić information content (AvgIpc) is 2.47. The number of ether oxygens (including phenoxy) is 1. The summed E-state index contributed by atoms with van der Waals surface area (Å²) < 4.78 is 5.40. The van der Waals surface area contributed by atoms with E-state index in [-0.39, 0.29) is 5.91 Å². The second kappa shape index (κ2) is 7.56. The van der Waals surface area contributed by atoms with Crippen molar-refractivity contribution >= 4 is 17.7 Å². The zero-order valence-corrected chi connectivity index (χ0v) is 12.2. The van der Waals surface area contributed by atoms with E-state index in [0.717, 1.165) is 38.2 Å². The van der Waals surface area contributed by atoms with Gasteiger partial charge in [-0.3, -0.25) is 4.79 Å². The quantitative estimate of drug-likeness (QED) is 0.842. The zero-order chi connectivity index (χ0) is 13.5. The first-order chi connectivity index (χ1) is 9.28. The molecule has 2 rings (SSSR count). The van der Waals surface area contributed by atoms with Crippen LogP contribution in [0.5, 0.6) is 0 Å². The van der Waals surface area contributed by atoms with Crippen molar-refractivity contribution < 1.29 is 9.53 Å². The van der Waals surface area contributed by atoms with Crippen LogP contribution >= 0.6 is 11.8 Å². The molecule has 3 nitrogen and oxygen atoms in total. The molecule has 1 amide bonds.